The Kier molecular flexibility index (Phi) is 7.29. The number of carbonyl (C=O) groups is 3. The molecule has 0 spiro atoms. The maximum absolute atomic E-state index is 13.7. The van der Waals surface area contributed by atoms with Crippen molar-refractivity contribution in [1.29, 1.82) is 0 Å². The third-order valence-electron chi connectivity index (χ3n) is 6.82. The highest BCUT2D eigenvalue weighted by Gasteiger charge is 2.49. The van der Waals surface area contributed by atoms with Gasteiger partial charge < -0.3 is 9.84 Å². The van der Waals surface area contributed by atoms with Gasteiger partial charge in [0.1, 0.15) is 17.1 Å². The minimum absolute atomic E-state index is 0.0877. The summed E-state index contributed by atoms with van der Waals surface area (Å²) in [6.45, 7) is 9.59. The smallest absolute Gasteiger partial charge is 0.301 e. The predicted octanol–water partition coefficient (Wildman–Crippen LogP) is 5.66. The van der Waals surface area contributed by atoms with E-state index in [2.05, 4.69) is 23.8 Å². The van der Waals surface area contributed by atoms with Crippen LogP contribution in [-0.4, -0.2) is 43.6 Å². The molecule has 40 heavy (non-hydrogen) atoms. The lowest BCUT2D eigenvalue weighted by molar-refractivity contribution is -0.132. The van der Waals surface area contributed by atoms with Gasteiger partial charge in [-0.05, 0) is 56.0 Å². The lowest BCUT2D eigenvalue weighted by Crippen LogP contribution is -2.29. The predicted molar refractivity (Wildman–Crippen MR) is 153 cm³/mol. The summed E-state index contributed by atoms with van der Waals surface area (Å²) in [5, 5.41) is 11.9. The number of aliphatic hydroxyl groups excluding tert-OH is 1. The van der Waals surface area contributed by atoms with Gasteiger partial charge >= 0.3 is 5.91 Å². The van der Waals surface area contributed by atoms with Crippen LogP contribution in [0.15, 0.2) is 54.2 Å². The Bertz CT molecular complexity index is 1680. The highest BCUT2D eigenvalue weighted by atomic mass is 32.1. The van der Waals surface area contributed by atoms with E-state index in [1.165, 1.54) is 11.8 Å². The Morgan fingerprint density at radius 3 is 2.58 bits per heavy atom. The molecule has 0 saturated carbocycles. The zero-order valence-electron chi connectivity index (χ0n) is 23.0. The van der Waals surface area contributed by atoms with Crippen LogP contribution in [0, 0.1) is 19.8 Å². The number of Topliss-reactive ketones (excluding diaryl/α,β-unsaturated/α-hetero) is 2. The molecule has 3 aromatic heterocycles. The largest absolute Gasteiger partial charge is 0.505 e. The number of aromatic nitrogens is 3. The zero-order chi connectivity index (χ0) is 28.7. The molecule has 9 nitrogen and oxygen atoms in total. The number of amides is 1. The molecule has 5 rings (SSSR count). The summed E-state index contributed by atoms with van der Waals surface area (Å²) in [5.74, 6) is -1.17. The van der Waals surface area contributed by atoms with Crippen LogP contribution in [0.2, 0.25) is 0 Å². The zero-order valence-corrected chi connectivity index (χ0v) is 23.8. The van der Waals surface area contributed by atoms with Crippen molar-refractivity contribution in [3.05, 3.63) is 81.8 Å². The molecule has 1 atom stereocenters. The summed E-state index contributed by atoms with van der Waals surface area (Å²) in [6.07, 6.45) is 2.60. The number of nitrogens with zero attached hydrogens (tertiary/aromatic N) is 4. The molecule has 1 N–H and O–H groups in total. The van der Waals surface area contributed by atoms with Gasteiger partial charge in [0.15, 0.2) is 16.7 Å². The van der Waals surface area contributed by atoms with Crippen molar-refractivity contribution in [3.8, 4) is 5.75 Å². The number of benzene rings is 1. The van der Waals surface area contributed by atoms with Gasteiger partial charge in [0.05, 0.1) is 34.5 Å². The fraction of sp³-hybridized carbons (Fsp3) is 0.300. The highest BCUT2D eigenvalue weighted by Crippen LogP contribution is 2.44. The van der Waals surface area contributed by atoms with E-state index in [0.29, 0.717) is 51.4 Å². The van der Waals surface area contributed by atoms with E-state index in [-0.39, 0.29) is 22.2 Å². The summed E-state index contributed by atoms with van der Waals surface area (Å²) in [7, 11) is 0. The number of rotatable bonds is 8. The molecular weight excluding hydrogens is 528 g/mol. The van der Waals surface area contributed by atoms with Gasteiger partial charge in [-0.2, -0.15) is 0 Å². The molecule has 1 aromatic carbocycles. The third kappa shape index (κ3) is 4.79. The third-order valence-corrected chi connectivity index (χ3v) is 8.08. The summed E-state index contributed by atoms with van der Waals surface area (Å²) in [4.78, 5) is 50.1. The average Bonchev–Trinajstić information content (AvgIpc) is 3.54. The number of ketones is 2. The number of pyridine rings is 1. The summed E-state index contributed by atoms with van der Waals surface area (Å²) in [5.41, 5.74) is 2.36. The van der Waals surface area contributed by atoms with Gasteiger partial charge in [-0.15, -0.1) is 0 Å². The van der Waals surface area contributed by atoms with Crippen LogP contribution in [0.5, 0.6) is 5.75 Å². The Labute approximate surface area is 235 Å². The monoisotopic (exact) mass is 558 g/mol. The number of fused-ring (bicyclic) bond motifs is 1. The van der Waals surface area contributed by atoms with Gasteiger partial charge in [0.2, 0.25) is 0 Å². The van der Waals surface area contributed by atoms with E-state index in [9.17, 15) is 19.5 Å². The number of imidazole rings is 1. The second-order valence-corrected chi connectivity index (χ2v) is 11.2. The molecule has 4 heterocycles. The molecular formula is C30H30N4O5S. The number of aryl methyl sites for hydroxylation is 2. The van der Waals surface area contributed by atoms with Crippen molar-refractivity contribution in [2.75, 3.05) is 11.5 Å². The summed E-state index contributed by atoms with van der Waals surface area (Å²) in [6, 6.07) is 11.5. The van der Waals surface area contributed by atoms with E-state index in [1.54, 1.807) is 54.8 Å². The lowest BCUT2D eigenvalue weighted by Gasteiger charge is -2.23. The van der Waals surface area contributed by atoms with Gasteiger partial charge in [0.25, 0.3) is 5.78 Å². The molecule has 1 unspecified atom stereocenters. The van der Waals surface area contributed by atoms with Crippen LogP contribution < -0.4 is 9.64 Å². The van der Waals surface area contributed by atoms with E-state index in [4.69, 9.17) is 4.74 Å². The number of hydrogen-bond donors (Lipinski definition) is 1. The number of aliphatic hydroxyl groups is 1. The molecule has 1 aliphatic heterocycles. The van der Waals surface area contributed by atoms with Crippen LogP contribution in [0.4, 0.5) is 5.13 Å². The van der Waals surface area contributed by atoms with Crippen molar-refractivity contribution < 1.29 is 24.2 Å². The van der Waals surface area contributed by atoms with Crippen molar-refractivity contribution >= 4 is 45.3 Å². The minimum atomic E-state index is -1.01. The SMILES string of the molecule is CC(=O)c1sc(N2C(=O)C(=O)/C(=C(/O)c3c(C)nc4ccccn34)C2c2cccc(OCCC(C)C)c2)nc1C. The maximum atomic E-state index is 13.7. The first-order valence-corrected chi connectivity index (χ1v) is 13.9. The number of ether oxygens (including phenoxy) is 1. The number of hydrogen-bond acceptors (Lipinski definition) is 8. The number of carbonyl (C=O) groups excluding carboxylic acids is 3. The lowest BCUT2D eigenvalue weighted by atomic mass is 9.96. The number of thiazole rings is 1. The Morgan fingerprint density at radius 1 is 1.10 bits per heavy atom. The van der Waals surface area contributed by atoms with Crippen molar-refractivity contribution in [1.82, 2.24) is 14.4 Å². The standard InChI is InChI=1S/C30H30N4O5S/c1-16(2)12-14-39-21-10-8-9-20(15-21)25-23(26(36)24-17(3)31-22-11-6-7-13-33(22)24)27(37)29(38)34(25)30-32-18(4)28(40-30)19(5)35/h6-11,13,15-16,25,36H,12,14H2,1-5H3/b26-23+. The van der Waals surface area contributed by atoms with Crippen LogP contribution >= 0.6 is 11.3 Å². The fourth-order valence-electron chi connectivity index (χ4n) is 4.87. The second kappa shape index (κ2) is 10.7. The Balaban J connectivity index is 1.71. The van der Waals surface area contributed by atoms with E-state index < -0.39 is 17.7 Å². The molecule has 0 aliphatic carbocycles. The summed E-state index contributed by atoms with van der Waals surface area (Å²) >= 11 is 1.05. The van der Waals surface area contributed by atoms with Gasteiger partial charge in [-0.3, -0.25) is 23.7 Å². The first-order chi connectivity index (χ1) is 19.1. The molecule has 1 fully saturated rings. The van der Waals surface area contributed by atoms with E-state index in [0.717, 1.165) is 17.8 Å². The summed E-state index contributed by atoms with van der Waals surface area (Å²) < 4.78 is 7.65. The average molecular weight is 559 g/mol. The van der Waals surface area contributed by atoms with Crippen LogP contribution in [-0.2, 0) is 9.59 Å². The van der Waals surface area contributed by atoms with E-state index in [1.807, 2.05) is 12.1 Å². The van der Waals surface area contributed by atoms with Crippen LogP contribution in [0.25, 0.3) is 11.4 Å². The Hall–Kier alpha value is -4.31. The fourth-order valence-corrected chi connectivity index (χ4v) is 5.86. The molecule has 1 aliphatic rings. The van der Waals surface area contributed by atoms with Crippen LogP contribution in [0.3, 0.4) is 0 Å². The minimum Gasteiger partial charge on any atom is -0.505 e. The molecule has 1 saturated heterocycles. The van der Waals surface area contributed by atoms with Crippen LogP contribution in [0.1, 0.15) is 65.6 Å². The quantitative estimate of drug-likeness (QED) is 0.128. The molecule has 206 valence electrons. The van der Waals surface area contributed by atoms with Gasteiger partial charge in [-0.1, -0.05) is 43.4 Å². The maximum Gasteiger partial charge on any atom is 0.301 e. The molecule has 1 amide bonds. The van der Waals surface area contributed by atoms with Crippen molar-refractivity contribution in [3.63, 3.8) is 0 Å². The molecule has 10 heteroatoms. The highest BCUT2D eigenvalue weighted by molar-refractivity contribution is 7.18. The molecule has 4 aromatic rings. The Morgan fingerprint density at radius 2 is 1.88 bits per heavy atom. The first kappa shape index (κ1) is 27.3. The van der Waals surface area contributed by atoms with Crippen molar-refractivity contribution in [2.45, 2.75) is 47.1 Å². The first-order valence-electron chi connectivity index (χ1n) is 13.0. The topological polar surface area (TPSA) is 114 Å². The van der Waals surface area contributed by atoms with E-state index >= 15 is 0 Å². The van der Waals surface area contributed by atoms with Gasteiger partial charge in [-0.25, -0.2) is 9.97 Å². The van der Waals surface area contributed by atoms with Gasteiger partial charge in [0, 0.05) is 13.1 Å². The normalized spacial score (nSPS) is 16.9. The van der Waals surface area contributed by atoms with Crippen molar-refractivity contribution in [2.24, 2.45) is 5.92 Å². The molecule has 0 radical (unpaired) electrons. The number of anilines is 1. The second-order valence-electron chi connectivity index (χ2n) is 10.2. The molecule has 0 bridgehead atoms.